The van der Waals surface area contributed by atoms with Crippen LogP contribution in [-0.4, -0.2) is 48.4 Å². The van der Waals surface area contributed by atoms with Crippen LogP contribution in [0.3, 0.4) is 0 Å². The van der Waals surface area contributed by atoms with Crippen LogP contribution in [0.25, 0.3) is 0 Å². The molecule has 2 heterocycles. The predicted octanol–water partition coefficient (Wildman–Crippen LogP) is 2.21. The minimum atomic E-state index is -0.424. The van der Waals surface area contributed by atoms with E-state index in [0.717, 1.165) is 11.1 Å². The second kappa shape index (κ2) is 7.58. The molecule has 26 heavy (non-hydrogen) atoms. The lowest BCUT2D eigenvalue weighted by molar-refractivity contribution is -0.149. The van der Waals surface area contributed by atoms with Crippen molar-refractivity contribution in [3.8, 4) is 0 Å². The Morgan fingerprint density at radius 2 is 1.85 bits per heavy atom. The largest absolute Gasteiger partial charge is 0.466 e. The van der Waals surface area contributed by atoms with E-state index in [0.29, 0.717) is 38.2 Å². The number of likely N-dealkylation sites (tertiary alicyclic amines) is 1. The highest BCUT2D eigenvalue weighted by molar-refractivity contribution is 6.22. The van der Waals surface area contributed by atoms with Gasteiger partial charge in [0, 0.05) is 0 Å². The van der Waals surface area contributed by atoms with Gasteiger partial charge in [-0.3, -0.25) is 19.3 Å². The number of aryl methyl sites for hydroxylation is 2. The molecule has 1 atom stereocenters. The van der Waals surface area contributed by atoms with Crippen LogP contribution in [0.1, 0.15) is 37.3 Å². The second-order valence-electron chi connectivity index (χ2n) is 7.12. The standard InChI is InChI=1S/C20H26N2O4/c1-4-26-20(25)15-7-9-21(10-8-15)17-12-18(23)22(19(17)24)16-6-5-13(2)14(3)11-16/h5-6,11,15,17H,4,7-10,12H2,1-3H3/t17-/m0/s1. The lowest BCUT2D eigenvalue weighted by Gasteiger charge is -2.33. The van der Waals surface area contributed by atoms with E-state index in [1.54, 1.807) is 6.92 Å². The Morgan fingerprint density at radius 1 is 1.15 bits per heavy atom. The summed E-state index contributed by atoms with van der Waals surface area (Å²) in [5.41, 5.74) is 2.83. The Kier molecular flexibility index (Phi) is 5.41. The third-order valence-corrected chi connectivity index (χ3v) is 5.46. The first-order valence-electron chi connectivity index (χ1n) is 9.27. The van der Waals surface area contributed by atoms with Gasteiger partial charge in [-0.2, -0.15) is 0 Å². The van der Waals surface area contributed by atoms with Gasteiger partial charge in [0.05, 0.1) is 30.7 Å². The average Bonchev–Trinajstić information content (AvgIpc) is 2.92. The highest BCUT2D eigenvalue weighted by atomic mass is 16.5. The summed E-state index contributed by atoms with van der Waals surface area (Å²) in [6.45, 7) is 7.43. The van der Waals surface area contributed by atoms with Gasteiger partial charge in [-0.15, -0.1) is 0 Å². The molecule has 2 amide bonds. The van der Waals surface area contributed by atoms with Gasteiger partial charge in [-0.1, -0.05) is 6.07 Å². The van der Waals surface area contributed by atoms with Gasteiger partial charge < -0.3 is 4.74 Å². The van der Waals surface area contributed by atoms with Crippen LogP contribution in [0.15, 0.2) is 18.2 Å². The van der Waals surface area contributed by atoms with Crippen molar-refractivity contribution in [3.05, 3.63) is 29.3 Å². The molecule has 140 valence electrons. The molecule has 0 radical (unpaired) electrons. The van der Waals surface area contributed by atoms with E-state index in [2.05, 4.69) is 0 Å². The zero-order valence-electron chi connectivity index (χ0n) is 15.7. The molecule has 6 nitrogen and oxygen atoms in total. The van der Waals surface area contributed by atoms with Crippen molar-refractivity contribution in [3.63, 3.8) is 0 Å². The second-order valence-corrected chi connectivity index (χ2v) is 7.12. The topological polar surface area (TPSA) is 66.9 Å². The van der Waals surface area contributed by atoms with Gasteiger partial charge in [0.15, 0.2) is 0 Å². The van der Waals surface area contributed by atoms with Gasteiger partial charge in [0.1, 0.15) is 0 Å². The summed E-state index contributed by atoms with van der Waals surface area (Å²) in [6, 6.07) is 5.23. The number of carbonyl (C=O) groups is 3. The molecule has 2 aliphatic heterocycles. The van der Waals surface area contributed by atoms with Crippen molar-refractivity contribution in [2.45, 2.75) is 46.1 Å². The van der Waals surface area contributed by atoms with Gasteiger partial charge >= 0.3 is 5.97 Å². The zero-order chi connectivity index (χ0) is 18.8. The molecule has 0 aliphatic carbocycles. The Morgan fingerprint density at radius 3 is 2.46 bits per heavy atom. The summed E-state index contributed by atoms with van der Waals surface area (Å²) in [5.74, 6) is -0.574. The maximum atomic E-state index is 12.9. The van der Waals surface area contributed by atoms with Gasteiger partial charge in [0.25, 0.3) is 5.91 Å². The normalized spacial score (nSPS) is 22.1. The van der Waals surface area contributed by atoms with Crippen molar-refractivity contribution in [1.29, 1.82) is 0 Å². The molecule has 2 saturated heterocycles. The molecule has 0 bridgehead atoms. The number of rotatable bonds is 4. The number of benzene rings is 1. The lowest BCUT2D eigenvalue weighted by atomic mass is 9.95. The maximum Gasteiger partial charge on any atom is 0.309 e. The molecule has 0 unspecified atom stereocenters. The fourth-order valence-corrected chi connectivity index (χ4v) is 3.74. The van der Waals surface area contributed by atoms with E-state index in [1.165, 1.54) is 4.90 Å². The van der Waals surface area contributed by atoms with E-state index < -0.39 is 6.04 Å². The van der Waals surface area contributed by atoms with Crippen molar-refractivity contribution < 1.29 is 19.1 Å². The number of carbonyl (C=O) groups excluding carboxylic acids is 3. The van der Waals surface area contributed by atoms with E-state index >= 15 is 0 Å². The Balaban J connectivity index is 1.68. The highest BCUT2D eigenvalue weighted by Crippen LogP contribution is 2.29. The summed E-state index contributed by atoms with van der Waals surface area (Å²) in [4.78, 5) is 40.6. The number of nitrogens with zero attached hydrogens (tertiary/aromatic N) is 2. The van der Waals surface area contributed by atoms with Crippen LogP contribution in [0.2, 0.25) is 0 Å². The Bertz CT molecular complexity index is 723. The average molecular weight is 358 g/mol. The maximum absolute atomic E-state index is 12.9. The zero-order valence-corrected chi connectivity index (χ0v) is 15.7. The number of imide groups is 1. The molecule has 6 heteroatoms. The molecular weight excluding hydrogens is 332 g/mol. The van der Waals surface area contributed by atoms with Crippen LogP contribution < -0.4 is 4.90 Å². The predicted molar refractivity (Wildman–Crippen MR) is 97.7 cm³/mol. The molecule has 0 aromatic heterocycles. The van der Waals surface area contributed by atoms with Crippen LogP contribution >= 0.6 is 0 Å². The number of piperidine rings is 1. The molecule has 1 aromatic rings. The minimum absolute atomic E-state index is 0.103. The molecule has 2 fully saturated rings. The lowest BCUT2D eigenvalue weighted by Crippen LogP contribution is -2.47. The fourth-order valence-electron chi connectivity index (χ4n) is 3.74. The fraction of sp³-hybridized carbons (Fsp3) is 0.550. The SMILES string of the molecule is CCOC(=O)C1CCN([C@H]2CC(=O)N(c3ccc(C)c(C)c3)C2=O)CC1. The van der Waals surface area contributed by atoms with Crippen molar-refractivity contribution in [2.75, 3.05) is 24.6 Å². The van der Waals surface area contributed by atoms with E-state index in [-0.39, 0.29) is 30.1 Å². The molecule has 0 spiro atoms. The Labute approximate surface area is 154 Å². The number of esters is 1. The number of anilines is 1. The van der Waals surface area contributed by atoms with E-state index in [4.69, 9.17) is 4.74 Å². The summed E-state index contributed by atoms with van der Waals surface area (Å²) in [6.07, 6.45) is 1.54. The first-order valence-corrected chi connectivity index (χ1v) is 9.27. The van der Waals surface area contributed by atoms with E-state index in [1.807, 2.05) is 36.9 Å². The van der Waals surface area contributed by atoms with Crippen LogP contribution in [0.5, 0.6) is 0 Å². The molecule has 2 aliphatic rings. The van der Waals surface area contributed by atoms with Gasteiger partial charge in [0.2, 0.25) is 5.91 Å². The Hall–Kier alpha value is -2.21. The van der Waals surface area contributed by atoms with Crippen molar-refractivity contribution in [2.24, 2.45) is 5.92 Å². The highest BCUT2D eigenvalue weighted by Gasteiger charge is 2.44. The van der Waals surface area contributed by atoms with Crippen LogP contribution in [0, 0.1) is 19.8 Å². The number of ether oxygens (including phenoxy) is 1. The summed E-state index contributed by atoms with van der Waals surface area (Å²) in [5, 5.41) is 0. The summed E-state index contributed by atoms with van der Waals surface area (Å²) >= 11 is 0. The van der Waals surface area contributed by atoms with Gasteiger partial charge in [-0.25, -0.2) is 4.90 Å². The number of hydrogen-bond acceptors (Lipinski definition) is 5. The van der Waals surface area contributed by atoms with Crippen LogP contribution in [-0.2, 0) is 19.1 Å². The van der Waals surface area contributed by atoms with Crippen LogP contribution in [0.4, 0.5) is 5.69 Å². The number of hydrogen-bond donors (Lipinski definition) is 0. The van der Waals surface area contributed by atoms with E-state index in [9.17, 15) is 14.4 Å². The first kappa shape index (κ1) is 18.6. The smallest absolute Gasteiger partial charge is 0.309 e. The van der Waals surface area contributed by atoms with Crippen molar-refractivity contribution in [1.82, 2.24) is 4.90 Å². The molecule has 0 N–H and O–H groups in total. The molecule has 3 rings (SSSR count). The summed E-state index contributed by atoms with van der Waals surface area (Å²) < 4.78 is 5.09. The molecular formula is C20H26N2O4. The number of amides is 2. The molecule has 1 aromatic carbocycles. The van der Waals surface area contributed by atoms with Crippen molar-refractivity contribution >= 4 is 23.5 Å². The minimum Gasteiger partial charge on any atom is -0.466 e. The monoisotopic (exact) mass is 358 g/mol. The molecule has 0 saturated carbocycles. The summed E-state index contributed by atoms with van der Waals surface area (Å²) in [7, 11) is 0. The first-order chi connectivity index (χ1) is 12.4. The third-order valence-electron chi connectivity index (χ3n) is 5.46. The third kappa shape index (κ3) is 3.51. The quantitative estimate of drug-likeness (QED) is 0.610. The van der Waals surface area contributed by atoms with Gasteiger partial charge in [-0.05, 0) is 70.0 Å².